The molecular weight excluding hydrogens is 162 g/mol. The first kappa shape index (κ1) is 7.92. The molecule has 0 N–H and O–H groups in total. The highest BCUT2D eigenvalue weighted by Gasteiger charge is 2.01. The predicted octanol–water partition coefficient (Wildman–Crippen LogP) is 2.36. The molecule has 0 fully saturated rings. The van der Waals surface area contributed by atoms with Gasteiger partial charge in [0.25, 0.3) is 0 Å². The van der Waals surface area contributed by atoms with Crippen molar-refractivity contribution in [2.45, 2.75) is 6.92 Å². The Hall–Kier alpha value is -1.70. The van der Waals surface area contributed by atoms with E-state index in [-0.39, 0.29) is 0 Å². The fourth-order valence-electron chi connectivity index (χ4n) is 1.45. The van der Waals surface area contributed by atoms with Gasteiger partial charge in [-0.15, -0.1) is 0 Å². The summed E-state index contributed by atoms with van der Waals surface area (Å²) in [6.45, 7) is 1.99. The van der Waals surface area contributed by atoms with Crippen LogP contribution >= 0.6 is 0 Å². The van der Waals surface area contributed by atoms with Crippen molar-refractivity contribution >= 4 is 17.1 Å². The van der Waals surface area contributed by atoms with Crippen LogP contribution < -0.4 is 0 Å². The van der Waals surface area contributed by atoms with E-state index in [1.54, 1.807) is 6.20 Å². The van der Waals surface area contributed by atoms with E-state index < -0.39 is 0 Å². The monoisotopic (exact) mass is 171 g/mol. The molecule has 2 rings (SSSR count). The van der Waals surface area contributed by atoms with Crippen LogP contribution in [0.25, 0.3) is 10.8 Å². The number of hydrogen-bond acceptors (Lipinski definition) is 2. The zero-order valence-electron chi connectivity index (χ0n) is 7.32. The number of pyridine rings is 1. The van der Waals surface area contributed by atoms with Gasteiger partial charge < -0.3 is 0 Å². The Morgan fingerprint density at radius 3 is 2.62 bits per heavy atom. The summed E-state index contributed by atoms with van der Waals surface area (Å²) in [6.07, 6.45) is 2.52. The minimum absolute atomic E-state index is 0.515. The lowest BCUT2D eigenvalue weighted by molar-refractivity contribution is 0.112. The minimum Gasteiger partial charge on any atom is -0.296 e. The Morgan fingerprint density at radius 2 is 1.92 bits per heavy atom. The standard InChI is InChI=1S/C11H9NO/c1-8-6-12-11(7-13)10-5-3-2-4-9(8)10/h2-7H,1H3. The summed E-state index contributed by atoms with van der Waals surface area (Å²) in [7, 11) is 0. The Kier molecular flexibility index (Phi) is 1.81. The van der Waals surface area contributed by atoms with E-state index in [2.05, 4.69) is 4.98 Å². The van der Waals surface area contributed by atoms with Gasteiger partial charge in [-0.1, -0.05) is 24.3 Å². The molecule has 2 heteroatoms. The maximum absolute atomic E-state index is 10.7. The number of benzene rings is 1. The summed E-state index contributed by atoms with van der Waals surface area (Å²) in [5.74, 6) is 0. The smallest absolute Gasteiger partial charge is 0.169 e. The Labute approximate surface area is 76.2 Å². The number of aldehydes is 1. The number of nitrogens with zero attached hydrogens (tertiary/aromatic N) is 1. The van der Waals surface area contributed by atoms with Crippen molar-refractivity contribution in [2.24, 2.45) is 0 Å². The van der Waals surface area contributed by atoms with Crippen LogP contribution in [-0.2, 0) is 0 Å². The van der Waals surface area contributed by atoms with Crippen LogP contribution in [0, 0.1) is 6.92 Å². The summed E-state index contributed by atoms with van der Waals surface area (Å²) in [5, 5.41) is 2.03. The van der Waals surface area contributed by atoms with Crippen molar-refractivity contribution in [2.75, 3.05) is 0 Å². The molecule has 0 spiro atoms. The van der Waals surface area contributed by atoms with Crippen molar-refractivity contribution in [1.29, 1.82) is 0 Å². The summed E-state index contributed by atoms with van der Waals surface area (Å²) < 4.78 is 0. The Balaban J connectivity index is 2.92. The van der Waals surface area contributed by atoms with E-state index in [1.807, 2.05) is 31.2 Å². The van der Waals surface area contributed by atoms with Crippen molar-refractivity contribution in [3.05, 3.63) is 41.7 Å². The molecule has 1 aromatic carbocycles. The highest BCUT2D eigenvalue weighted by Crippen LogP contribution is 2.18. The molecule has 2 nitrogen and oxygen atoms in total. The summed E-state index contributed by atoms with van der Waals surface area (Å²) in [5.41, 5.74) is 1.61. The summed E-state index contributed by atoms with van der Waals surface area (Å²) in [4.78, 5) is 14.7. The highest BCUT2D eigenvalue weighted by molar-refractivity contribution is 5.97. The first-order valence-electron chi connectivity index (χ1n) is 4.12. The number of fused-ring (bicyclic) bond motifs is 1. The molecule has 64 valence electrons. The molecule has 1 aromatic heterocycles. The number of aryl methyl sites for hydroxylation is 1. The van der Waals surface area contributed by atoms with Crippen LogP contribution in [0.3, 0.4) is 0 Å². The lowest BCUT2D eigenvalue weighted by Crippen LogP contribution is -1.90. The predicted molar refractivity (Wildman–Crippen MR) is 51.9 cm³/mol. The lowest BCUT2D eigenvalue weighted by Gasteiger charge is -2.02. The first-order valence-corrected chi connectivity index (χ1v) is 4.12. The highest BCUT2D eigenvalue weighted by atomic mass is 16.1. The third-order valence-electron chi connectivity index (χ3n) is 2.14. The molecule has 0 radical (unpaired) electrons. The molecule has 2 aromatic rings. The fourth-order valence-corrected chi connectivity index (χ4v) is 1.45. The molecule has 0 aliphatic carbocycles. The van der Waals surface area contributed by atoms with Gasteiger partial charge in [0.15, 0.2) is 6.29 Å². The number of aromatic nitrogens is 1. The fraction of sp³-hybridized carbons (Fsp3) is 0.0909. The van der Waals surface area contributed by atoms with Crippen LogP contribution in [-0.4, -0.2) is 11.3 Å². The van der Waals surface area contributed by atoms with E-state index in [4.69, 9.17) is 0 Å². The Bertz CT molecular complexity index is 463. The van der Waals surface area contributed by atoms with Gasteiger partial charge in [-0.25, -0.2) is 0 Å². The summed E-state index contributed by atoms with van der Waals surface area (Å²) in [6, 6.07) is 7.79. The molecule has 0 aliphatic heterocycles. The molecule has 0 amide bonds. The molecule has 0 saturated heterocycles. The van der Waals surface area contributed by atoms with Gasteiger partial charge in [0.05, 0.1) is 0 Å². The third kappa shape index (κ3) is 1.20. The number of rotatable bonds is 1. The second kappa shape index (κ2) is 2.98. The third-order valence-corrected chi connectivity index (χ3v) is 2.14. The van der Waals surface area contributed by atoms with E-state index >= 15 is 0 Å². The Morgan fingerprint density at radius 1 is 1.23 bits per heavy atom. The quantitative estimate of drug-likeness (QED) is 0.616. The van der Waals surface area contributed by atoms with Crippen LogP contribution in [0.5, 0.6) is 0 Å². The second-order valence-electron chi connectivity index (χ2n) is 2.99. The van der Waals surface area contributed by atoms with E-state index in [9.17, 15) is 4.79 Å². The average Bonchev–Trinajstić information content (AvgIpc) is 2.19. The van der Waals surface area contributed by atoms with Crippen LogP contribution in [0.2, 0.25) is 0 Å². The van der Waals surface area contributed by atoms with Gasteiger partial charge in [0.2, 0.25) is 0 Å². The number of carbonyl (C=O) groups is 1. The average molecular weight is 171 g/mol. The molecule has 13 heavy (non-hydrogen) atoms. The largest absolute Gasteiger partial charge is 0.296 e. The normalized spacial score (nSPS) is 10.2. The molecule has 0 atom stereocenters. The van der Waals surface area contributed by atoms with Gasteiger partial charge in [-0.2, -0.15) is 0 Å². The van der Waals surface area contributed by atoms with Gasteiger partial charge in [-0.3, -0.25) is 9.78 Å². The minimum atomic E-state index is 0.515. The van der Waals surface area contributed by atoms with E-state index in [1.165, 1.54) is 0 Å². The van der Waals surface area contributed by atoms with Gasteiger partial charge in [0, 0.05) is 11.6 Å². The summed E-state index contributed by atoms with van der Waals surface area (Å²) >= 11 is 0. The van der Waals surface area contributed by atoms with Gasteiger partial charge in [0.1, 0.15) is 5.69 Å². The second-order valence-corrected chi connectivity index (χ2v) is 2.99. The van der Waals surface area contributed by atoms with Gasteiger partial charge in [-0.05, 0) is 17.9 Å². The van der Waals surface area contributed by atoms with Crippen LogP contribution in [0.15, 0.2) is 30.5 Å². The maximum Gasteiger partial charge on any atom is 0.169 e. The molecule has 0 unspecified atom stereocenters. The van der Waals surface area contributed by atoms with Crippen LogP contribution in [0.1, 0.15) is 16.1 Å². The zero-order chi connectivity index (χ0) is 9.26. The van der Waals surface area contributed by atoms with Crippen LogP contribution in [0.4, 0.5) is 0 Å². The molecule has 0 saturated carbocycles. The van der Waals surface area contributed by atoms with E-state index in [0.29, 0.717) is 5.69 Å². The topological polar surface area (TPSA) is 30.0 Å². The van der Waals surface area contributed by atoms with Gasteiger partial charge >= 0.3 is 0 Å². The lowest BCUT2D eigenvalue weighted by atomic mass is 10.1. The van der Waals surface area contributed by atoms with Crippen molar-refractivity contribution in [3.8, 4) is 0 Å². The maximum atomic E-state index is 10.7. The van der Waals surface area contributed by atoms with Crippen molar-refractivity contribution < 1.29 is 4.79 Å². The first-order chi connectivity index (χ1) is 6.33. The van der Waals surface area contributed by atoms with Crippen molar-refractivity contribution in [3.63, 3.8) is 0 Å². The number of hydrogen-bond donors (Lipinski definition) is 0. The zero-order valence-corrected chi connectivity index (χ0v) is 7.32. The number of carbonyl (C=O) groups excluding carboxylic acids is 1. The van der Waals surface area contributed by atoms with E-state index in [0.717, 1.165) is 22.6 Å². The van der Waals surface area contributed by atoms with Crippen molar-refractivity contribution in [1.82, 2.24) is 4.98 Å². The molecule has 1 heterocycles. The SMILES string of the molecule is Cc1cnc(C=O)c2ccccc12. The molecular formula is C11H9NO. The molecule has 0 bridgehead atoms. The molecule has 0 aliphatic rings.